The highest BCUT2D eigenvalue weighted by Gasteiger charge is 2.05. The number of rotatable bonds is 5. The molecule has 0 atom stereocenters. The molecule has 0 aliphatic rings. The lowest BCUT2D eigenvalue weighted by molar-refractivity contribution is 0.930. The fourth-order valence-corrected chi connectivity index (χ4v) is 3.94. The molecule has 0 saturated heterocycles. The van der Waals surface area contributed by atoms with Crippen LogP contribution in [0.5, 0.6) is 0 Å². The van der Waals surface area contributed by atoms with Crippen LogP contribution in [0.25, 0.3) is 0 Å². The highest BCUT2D eigenvalue weighted by atomic mass is 35.5. The summed E-state index contributed by atoms with van der Waals surface area (Å²) in [5.41, 5.74) is 2.30. The average molecular weight is 373 g/mol. The third kappa shape index (κ3) is 5.00. The SMILES string of the molecule is Cc1ccc(Sc2cc(CSc3ccc(Cl)cc3)nc(C)n2)cc1. The molecule has 2 nitrogen and oxygen atoms in total. The Kier molecular flexibility index (Phi) is 5.82. The molecule has 0 saturated carbocycles. The van der Waals surface area contributed by atoms with Crippen molar-refractivity contribution < 1.29 is 0 Å². The van der Waals surface area contributed by atoms with Gasteiger partial charge in [-0.3, -0.25) is 0 Å². The summed E-state index contributed by atoms with van der Waals surface area (Å²) in [6.07, 6.45) is 0. The van der Waals surface area contributed by atoms with Crippen molar-refractivity contribution in [1.29, 1.82) is 0 Å². The van der Waals surface area contributed by atoms with Crippen LogP contribution in [0.3, 0.4) is 0 Å². The number of hydrogen-bond acceptors (Lipinski definition) is 4. The van der Waals surface area contributed by atoms with Gasteiger partial charge in [0.1, 0.15) is 10.9 Å². The van der Waals surface area contributed by atoms with E-state index in [1.165, 1.54) is 15.4 Å². The molecule has 0 radical (unpaired) electrons. The molecule has 5 heteroatoms. The monoisotopic (exact) mass is 372 g/mol. The minimum absolute atomic E-state index is 0.758. The van der Waals surface area contributed by atoms with Crippen LogP contribution >= 0.6 is 35.1 Å². The molecule has 2 aromatic carbocycles. The highest BCUT2D eigenvalue weighted by molar-refractivity contribution is 7.99. The van der Waals surface area contributed by atoms with E-state index in [0.29, 0.717) is 0 Å². The van der Waals surface area contributed by atoms with E-state index in [1.807, 2.05) is 31.2 Å². The molecule has 0 N–H and O–H groups in total. The molecule has 0 fully saturated rings. The van der Waals surface area contributed by atoms with E-state index in [-0.39, 0.29) is 0 Å². The second-order valence-electron chi connectivity index (χ2n) is 5.40. The minimum atomic E-state index is 0.758. The second-order valence-corrected chi connectivity index (χ2v) is 7.98. The van der Waals surface area contributed by atoms with Crippen molar-refractivity contribution in [3.8, 4) is 0 Å². The first kappa shape index (κ1) is 17.3. The van der Waals surface area contributed by atoms with E-state index in [2.05, 4.69) is 47.2 Å². The number of aryl methyl sites for hydroxylation is 2. The Labute approximate surface area is 156 Å². The first-order chi connectivity index (χ1) is 11.6. The van der Waals surface area contributed by atoms with Gasteiger partial charge in [0, 0.05) is 20.6 Å². The molecule has 0 bridgehead atoms. The second kappa shape index (κ2) is 8.06. The lowest BCUT2D eigenvalue weighted by Gasteiger charge is -2.06. The normalized spacial score (nSPS) is 10.8. The summed E-state index contributed by atoms with van der Waals surface area (Å²) >= 11 is 9.34. The van der Waals surface area contributed by atoms with Gasteiger partial charge in [0.05, 0.1) is 5.69 Å². The van der Waals surface area contributed by atoms with E-state index < -0.39 is 0 Å². The zero-order chi connectivity index (χ0) is 16.9. The van der Waals surface area contributed by atoms with Gasteiger partial charge in [-0.15, -0.1) is 11.8 Å². The van der Waals surface area contributed by atoms with Crippen LogP contribution in [0, 0.1) is 13.8 Å². The summed E-state index contributed by atoms with van der Waals surface area (Å²) in [4.78, 5) is 11.5. The standard InChI is InChI=1S/C19H17ClN2S2/c1-13-3-7-18(8-4-13)24-19-11-16(21-14(2)22-19)12-23-17-9-5-15(20)6-10-17/h3-11H,12H2,1-2H3. The van der Waals surface area contributed by atoms with E-state index in [4.69, 9.17) is 11.6 Å². The predicted octanol–water partition coefficient (Wildman–Crippen LogP) is 6.19. The number of benzene rings is 2. The van der Waals surface area contributed by atoms with Gasteiger partial charge in [-0.1, -0.05) is 41.1 Å². The predicted molar refractivity (Wildman–Crippen MR) is 103 cm³/mol. The Balaban J connectivity index is 1.71. The molecular formula is C19H17ClN2S2. The lowest BCUT2D eigenvalue weighted by Crippen LogP contribution is -1.95. The minimum Gasteiger partial charge on any atom is -0.237 e. The zero-order valence-corrected chi connectivity index (χ0v) is 15.9. The largest absolute Gasteiger partial charge is 0.237 e. The van der Waals surface area contributed by atoms with Crippen molar-refractivity contribution in [3.63, 3.8) is 0 Å². The van der Waals surface area contributed by atoms with Crippen LogP contribution in [0.2, 0.25) is 5.02 Å². The van der Waals surface area contributed by atoms with Crippen LogP contribution in [-0.2, 0) is 5.75 Å². The fraction of sp³-hybridized carbons (Fsp3) is 0.158. The molecule has 0 amide bonds. The molecule has 0 aliphatic heterocycles. The van der Waals surface area contributed by atoms with Gasteiger partial charge in [-0.05, 0) is 56.3 Å². The summed E-state index contributed by atoms with van der Waals surface area (Å²) in [5.74, 6) is 1.62. The van der Waals surface area contributed by atoms with Gasteiger partial charge in [0.25, 0.3) is 0 Å². The number of hydrogen-bond donors (Lipinski definition) is 0. The van der Waals surface area contributed by atoms with E-state index in [9.17, 15) is 0 Å². The van der Waals surface area contributed by atoms with Gasteiger partial charge in [-0.2, -0.15) is 0 Å². The van der Waals surface area contributed by atoms with Crippen LogP contribution in [0.1, 0.15) is 17.1 Å². The molecule has 0 spiro atoms. The quantitative estimate of drug-likeness (QED) is 0.394. The number of thioether (sulfide) groups is 1. The van der Waals surface area contributed by atoms with Crippen molar-refractivity contribution in [3.05, 3.63) is 76.7 Å². The maximum atomic E-state index is 5.92. The maximum absolute atomic E-state index is 5.92. The Morgan fingerprint density at radius 2 is 1.54 bits per heavy atom. The summed E-state index contributed by atoms with van der Waals surface area (Å²) in [5, 5.41) is 1.74. The van der Waals surface area contributed by atoms with Crippen LogP contribution in [0.15, 0.2) is 69.4 Å². The highest BCUT2D eigenvalue weighted by Crippen LogP contribution is 2.29. The van der Waals surface area contributed by atoms with Crippen molar-refractivity contribution in [2.24, 2.45) is 0 Å². The van der Waals surface area contributed by atoms with E-state index in [1.54, 1.807) is 23.5 Å². The van der Waals surface area contributed by atoms with Gasteiger partial charge < -0.3 is 0 Å². The van der Waals surface area contributed by atoms with Crippen LogP contribution < -0.4 is 0 Å². The average Bonchev–Trinajstić information content (AvgIpc) is 2.56. The molecule has 24 heavy (non-hydrogen) atoms. The van der Waals surface area contributed by atoms with Crippen molar-refractivity contribution in [1.82, 2.24) is 9.97 Å². The molecule has 1 heterocycles. The van der Waals surface area contributed by atoms with Gasteiger partial charge >= 0.3 is 0 Å². The third-order valence-electron chi connectivity index (χ3n) is 3.31. The van der Waals surface area contributed by atoms with E-state index in [0.717, 1.165) is 27.3 Å². The number of nitrogens with zero attached hydrogens (tertiary/aromatic N) is 2. The maximum Gasteiger partial charge on any atom is 0.126 e. The summed E-state index contributed by atoms with van der Waals surface area (Å²) in [6.45, 7) is 4.03. The van der Waals surface area contributed by atoms with Crippen molar-refractivity contribution >= 4 is 35.1 Å². The number of halogens is 1. The molecule has 3 rings (SSSR count). The van der Waals surface area contributed by atoms with E-state index >= 15 is 0 Å². The molecule has 122 valence electrons. The Morgan fingerprint density at radius 3 is 2.25 bits per heavy atom. The smallest absolute Gasteiger partial charge is 0.126 e. The topological polar surface area (TPSA) is 25.8 Å². The first-order valence-corrected chi connectivity index (χ1v) is 9.74. The molecule has 0 aliphatic carbocycles. The Morgan fingerprint density at radius 1 is 0.875 bits per heavy atom. The molecule has 1 aromatic heterocycles. The first-order valence-electron chi connectivity index (χ1n) is 7.56. The van der Waals surface area contributed by atoms with Gasteiger partial charge in [0.15, 0.2) is 0 Å². The molecule has 0 unspecified atom stereocenters. The van der Waals surface area contributed by atoms with Gasteiger partial charge in [-0.25, -0.2) is 9.97 Å². The molecule has 3 aromatic rings. The van der Waals surface area contributed by atoms with Crippen LogP contribution in [0.4, 0.5) is 0 Å². The fourth-order valence-electron chi connectivity index (χ4n) is 2.14. The Bertz CT molecular complexity index is 818. The van der Waals surface area contributed by atoms with Crippen molar-refractivity contribution in [2.75, 3.05) is 0 Å². The molecular weight excluding hydrogens is 356 g/mol. The van der Waals surface area contributed by atoms with Crippen LogP contribution in [-0.4, -0.2) is 9.97 Å². The summed E-state index contributed by atoms with van der Waals surface area (Å²) < 4.78 is 0. The summed E-state index contributed by atoms with van der Waals surface area (Å²) in [7, 11) is 0. The Hall–Kier alpha value is -1.49. The van der Waals surface area contributed by atoms with Gasteiger partial charge in [0.2, 0.25) is 0 Å². The van der Waals surface area contributed by atoms with Crippen molar-refractivity contribution in [2.45, 2.75) is 34.4 Å². The zero-order valence-electron chi connectivity index (χ0n) is 13.5. The summed E-state index contributed by atoms with van der Waals surface area (Å²) in [6, 6.07) is 18.4. The lowest BCUT2D eigenvalue weighted by atomic mass is 10.2. The number of aromatic nitrogens is 2. The third-order valence-corrected chi connectivity index (χ3v) is 5.53.